The van der Waals surface area contributed by atoms with Crippen LogP contribution in [-0.2, 0) is 0 Å². The van der Waals surface area contributed by atoms with Crippen molar-refractivity contribution in [2.75, 3.05) is 37.6 Å². The second kappa shape index (κ2) is 6.73. The molecule has 0 aromatic heterocycles. The van der Waals surface area contributed by atoms with Crippen LogP contribution in [0.4, 0.5) is 5.69 Å². The highest BCUT2D eigenvalue weighted by Gasteiger charge is 2.21. The van der Waals surface area contributed by atoms with E-state index in [-0.39, 0.29) is 5.78 Å². The van der Waals surface area contributed by atoms with E-state index in [1.807, 2.05) is 6.07 Å². The molecule has 4 nitrogen and oxygen atoms in total. The van der Waals surface area contributed by atoms with Gasteiger partial charge in [-0.2, -0.15) is 5.26 Å². The zero-order valence-corrected chi connectivity index (χ0v) is 13.1. The number of ketones is 1. The molecule has 112 valence electrons. The van der Waals surface area contributed by atoms with E-state index in [0.29, 0.717) is 17.0 Å². The van der Waals surface area contributed by atoms with E-state index in [2.05, 4.69) is 29.7 Å². The molecule has 0 bridgehead atoms. The molecular formula is C17H23N3O. The van der Waals surface area contributed by atoms with E-state index in [4.69, 9.17) is 5.26 Å². The van der Waals surface area contributed by atoms with Crippen LogP contribution in [0, 0.1) is 17.2 Å². The molecule has 1 aliphatic rings. The lowest BCUT2D eigenvalue weighted by molar-refractivity contribution is 0.101. The second-order valence-corrected chi connectivity index (χ2v) is 6.08. The number of carbonyl (C=O) groups is 1. The van der Waals surface area contributed by atoms with Crippen LogP contribution < -0.4 is 4.90 Å². The highest BCUT2D eigenvalue weighted by Crippen LogP contribution is 2.24. The van der Waals surface area contributed by atoms with Gasteiger partial charge in [0.15, 0.2) is 5.78 Å². The standard InChI is InChI=1S/C17H23N3O/c1-13(2)12-19-6-8-20(9-7-19)17-10-15(11-18)4-5-16(17)14(3)21/h4-5,10,13H,6-9,12H2,1-3H3. The summed E-state index contributed by atoms with van der Waals surface area (Å²) >= 11 is 0. The van der Waals surface area contributed by atoms with E-state index in [1.54, 1.807) is 19.1 Å². The lowest BCUT2D eigenvalue weighted by Gasteiger charge is -2.37. The van der Waals surface area contributed by atoms with Crippen molar-refractivity contribution < 1.29 is 4.79 Å². The normalized spacial score (nSPS) is 16.0. The maximum absolute atomic E-state index is 11.8. The van der Waals surface area contributed by atoms with Gasteiger partial charge in [0.1, 0.15) is 0 Å². The minimum atomic E-state index is 0.0547. The first-order valence-electron chi connectivity index (χ1n) is 7.53. The molecule has 0 amide bonds. The van der Waals surface area contributed by atoms with Gasteiger partial charge in [-0.25, -0.2) is 0 Å². The first kappa shape index (κ1) is 15.5. The minimum Gasteiger partial charge on any atom is -0.368 e. The molecule has 1 heterocycles. The SMILES string of the molecule is CC(=O)c1ccc(C#N)cc1N1CCN(CC(C)C)CC1. The van der Waals surface area contributed by atoms with Crippen LogP contribution in [0.3, 0.4) is 0 Å². The van der Waals surface area contributed by atoms with Gasteiger partial charge in [-0.1, -0.05) is 13.8 Å². The summed E-state index contributed by atoms with van der Waals surface area (Å²) in [5.74, 6) is 0.727. The summed E-state index contributed by atoms with van der Waals surface area (Å²) in [6.45, 7) is 11.0. The van der Waals surface area contributed by atoms with Crippen LogP contribution in [0.5, 0.6) is 0 Å². The van der Waals surface area contributed by atoms with Gasteiger partial charge in [0.05, 0.1) is 11.6 Å². The molecule has 2 rings (SSSR count). The molecule has 0 unspecified atom stereocenters. The summed E-state index contributed by atoms with van der Waals surface area (Å²) in [6, 6.07) is 7.49. The van der Waals surface area contributed by atoms with Crippen LogP contribution in [0.2, 0.25) is 0 Å². The fourth-order valence-corrected chi connectivity index (χ4v) is 2.85. The largest absolute Gasteiger partial charge is 0.368 e. The zero-order valence-electron chi connectivity index (χ0n) is 13.1. The van der Waals surface area contributed by atoms with E-state index < -0.39 is 0 Å². The Balaban J connectivity index is 2.16. The third kappa shape index (κ3) is 3.83. The monoisotopic (exact) mass is 285 g/mol. The van der Waals surface area contributed by atoms with Gasteiger partial charge in [-0.3, -0.25) is 9.69 Å². The molecule has 0 atom stereocenters. The number of hydrogen-bond acceptors (Lipinski definition) is 4. The number of piperazine rings is 1. The Morgan fingerprint density at radius 1 is 1.29 bits per heavy atom. The van der Waals surface area contributed by atoms with Crippen molar-refractivity contribution in [1.29, 1.82) is 5.26 Å². The number of anilines is 1. The second-order valence-electron chi connectivity index (χ2n) is 6.08. The molecule has 21 heavy (non-hydrogen) atoms. The number of rotatable bonds is 4. The Bertz CT molecular complexity index is 552. The van der Waals surface area contributed by atoms with Gasteiger partial charge in [-0.05, 0) is 31.0 Å². The van der Waals surface area contributed by atoms with Crippen LogP contribution >= 0.6 is 0 Å². The highest BCUT2D eigenvalue weighted by atomic mass is 16.1. The van der Waals surface area contributed by atoms with E-state index in [0.717, 1.165) is 38.4 Å². The summed E-state index contributed by atoms with van der Waals surface area (Å²) in [5.41, 5.74) is 2.23. The van der Waals surface area contributed by atoms with Crippen molar-refractivity contribution in [2.24, 2.45) is 5.92 Å². The van der Waals surface area contributed by atoms with E-state index >= 15 is 0 Å². The number of nitriles is 1. The number of Topliss-reactive ketones (excluding diaryl/α,β-unsaturated/α-hetero) is 1. The summed E-state index contributed by atoms with van der Waals surface area (Å²) in [5, 5.41) is 9.07. The molecule has 0 N–H and O–H groups in total. The third-order valence-corrected chi connectivity index (χ3v) is 3.84. The van der Waals surface area contributed by atoms with Crippen molar-refractivity contribution in [2.45, 2.75) is 20.8 Å². The first-order chi connectivity index (χ1) is 10.0. The highest BCUT2D eigenvalue weighted by molar-refractivity contribution is 6.00. The van der Waals surface area contributed by atoms with Crippen molar-refractivity contribution in [3.8, 4) is 6.07 Å². The quantitative estimate of drug-likeness (QED) is 0.798. The fraction of sp³-hybridized carbons (Fsp3) is 0.529. The molecule has 0 radical (unpaired) electrons. The third-order valence-electron chi connectivity index (χ3n) is 3.84. The van der Waals surface area contributed by atoms with Gasteiger partial charge in [-0.15, -0.1) is 0 Å². The number of hydrogen-bond donors (Lipinski definition) is 0. The predicted octanol–water partition coefficient (Wildman–Crippen LogP) is 2.54. The maximum atomic E-state index is 11.8. The molecule has 1 saturated heterocycles. The summed E-state index contributed by atoms with van der Waals surface area (Å²) in [7, 11) is 0. The number of carbonyl (C=O) groups excluding carboxylic acids is 1. The molecule has 0 aliphatic carbocycles. The average Bonchev–Trinajstić information content (AvgIpc) is 2.46. The summed E-state index contributed by atoms with van der Waals surface area (Å²) in [4.78, 5) is 16.5. The molecule has 1 fully saturated rings. The number of benzene rings is 1. The molecular weight excluding hydrogens is 262 g/mol. The minimum absolute atomic E-state index is 0.0547. The Kier molecular flexibility index (Phi) is 4.98. The van der Waals surface area contributed by atoms with Gasteiger partial charge >= 0.3 is 0 Å². The number of nitrogens with zero attached hydrogens (tertiary/aromatic N) is 3. The molecule has 1 aliphatic heterocycles. The van der Waals surface area contributed by atoms with Crippen molar-refractivity contribution >= 4 is 11.5 Å². The Hall–Kier alpha value is -1.86. The topological polar surface area (TPSA) is 47.3 Å². The molecule has 1 aromatic rings. The van der Waals surface area contributed by atoms with Crippen LogP contribution in [0.15, 0.2) is 18.2 Å². The molecule has 1 aromatic carbocycles. The maximum Gasteiger partial charge on any atom is 0.161 e. The van der Waals surface area contributed by atoms with Gasteiger partial charge in [0.2, 0.25) is 0 Å². The molecule has 0 saturated carbocycles. The Morgan fingerprint density at radius 3 is 2.48 bits per heavy atom. The fourth-order valence-electron chi connectivity index (χ4n) is 2.85. The lowest BCUT2D eigenvalue weighted by atomic mass is 10.0. The average molecular weight is 285 g/mol. The van der Waals surface area contributed by atoms with Gasteiger partial charge < -0.3 is 4.90 Å². The van der Waals surface area contributed by atoms with Crippen LogP contribution in [0.1, 0.15) is 36.7 Å². The van der Waals surface area contributed by atoms with Gasteiger partial charge in [0.25, 0.3) is 0 Å². The summed E-state index contributed by atoms with van der Waals surface area (Å²) in [6.07, 6.45) is 0. The zero-order chi connectivity index (χ0) is 15.4. The van der Waals surface area contributed by atoms with Crippen molar-refractivity contribution in [3.05, 3.63) is 29.3 Å². The van der Waals surface area contributed by atoms with Gasteiger partial charge in [0, 0.05) is 44.0 Å². The summed E-state index contributed by atoms with van der Waals surface area (Å²) < 4.78 is 0. The lowest BCUT2D eigenvalue weighted by Crippen LogP contribution is -2.47. The Labute approximate surface area is 127 Å². The van der Waals surface area contributed by atoms with Crippen LogP contribution in [0.25, 0.3) is 0 Å². The molecule has 4 heteroatoms. The first-order valence-corrected chi connectivity index (χ1v) is 7.53. The van der Waals surface area contributed by atoms with Crippen molar-refractivity contribution in [3.63, 3.8) is 0 Å². The smallest absolute Gasteiger partial charge is 0.161 e. The predicted molar refractivity (Wildman–Crippen MR) is 84.7 cm³/mol. The van der Waals surface area contributed by atoms with E-state index in [1.165, 1.54) is 0 Å². The van der Waals surface area contributed by atoms with Crippen LogP contribution in [-0.4, -0.2) is 43.4 Å². The Morgan fingerprint density at radius 2 is 1.95 bits per heavy atom. The molecule has 0 spiro atoms. The van der Waals surface area contributed by atoms with Crippen molar-refractivity contribution in [1.82, 2.24) is 4.90 Å². The van der Waals surface area contributed by atoms with E-state index in [9.17, 15) is 4.79 Å².